The fraction of sp³-hybridized carbons (Fsp3) is 0.387. The van der Waals surface area contributed by atoms with Gasteiger partial charge in [-0.1, -0.05) is 72.3 Å². The maximum atomic E-state index is 13.3. The van der Waals surface area contributed by atoms with Crippen molar-refractivity contribution in [3.05, 3.63) is 107 Å². The Balaban J connectivity index is 1.58. The Morgan fingerprint density at radius 3 is 2.19 bits per heavy atom. The third kappa shape index (κ3) is 9.30. The van der Waals surface area contributed by atoms with Gasteiger partial charge in [-0.25, -0.2) is 4.39 Å². The van der Waals surface area contributed by atoms with Crippen molar-refractivity contribution in [2.45, 2.75) is 51.4 Å². The molecule has 0 saturated heterocycles. The first-order valence-corrected chi connectivity index (χ1v) is 12.9. The summed E-state index contributed by atoms with van der Waals surface area (Å²) in [4.78, 5) is 16.6. The predicted molar refractivity (Wildman–Crippen MR) is 146 cm³/mol. The lowest BCUT2D eigenvalue weighted by Crippen LogP contribution is -2.54. The molecule has 1 N–H and O–H groups in total. The molecule has 0 spiro atoms. The molecule has 5 heteroatoms. The number of carbonyl (C=O) groups excluding carboxylic acids is 1. The van der Waals surface area contributed by atoms with Crippen LogP contribution >= 0.6 is 0 Å². The van der Waals surface area contributed by atoms with Gasteiger partial charge in [-0.3, -0.25) is 10.2 Å². The number of aldehydes is 1. The van der Waals surface area contributed by atoms with Crippen molar-refractivity contribution in [1.29, 1.82) is 0 Å². The van der Waals surface area contributed by atoms with E-state index in [1.165, 1.54) is 23.3 Å². The van der Waals surface area contributed by atoms with Gasteiger partial charge in [0.05, 0.1) is 12.2 Å². The van der Waals surface area contributed by atoms with Crippen molar-refractivity contribution in [2.75, 3.05) is 27.2 Å². The van der Waals surface area contributed by atoms with Gasteiger partial charge < -0.3 is 9.69 Å². The highest BCUT2D eigenvalue weighted by molar-refractivity contribution is 5.58. The number of carbonyl (C=O) groups is 1. The second-order valence-corrected chi connectivity index (χ2v) is 9.79. The maximum absolute atomic E-state index is 13.3. The number of aryl methyl sites for hydroxylation is 2. The molecule has 3 aromatic rings. The summed E-state index contributed by atoms with van der Waals surface area (Å²) in [7, 11) is 4.15. The van der Waals surface area contributed by atoms with Crippen LogP contribution in [-0.2, 0) is 24.2 Å². The summed E-state index contributed by atoms with van der Waals surface area (Å²) in [6.45, 7) is 4.49. The maximum Gasteiger partial charge on any atom is 0.137 e. The van der Waals surface area contributed by atoms with Crippen molar-refractivity contribution >= 4 is 6.29 Å². The quantitative estimate of drug-likeness (QED) is 0.180. The number of nitrogens with one attached hydrogen (secondary N) is 1. The molecule has 0 radical (unpaired) electrons. The smallest absolute Gasteiger partial charge is 0.137 e. The van der Waals surface area contributed by atoms with Crippen LogP contribution in [0.2, 0.25) is 0 Å². The fourth-order valence-electron chi connectivity index (χ4n) is 4.40. The van der Waals surface area contributed by atoms with Gasteiger partial charge in [-0.15, -0.1) is 0 Å². The van der Waals surface area contributed by atoms with Gasteiger partial charge in [0.15, 0.2) is 0 Å². The van der Waals surface area contributed by atoms with E-state index in [-0.39, 0.29) is 18.0 Å². The van der Waals surface area contributed by atoms with Gasteiger partial charge in [0, 0.05) is 13.1 Å². The molecule has 4 nitrogen and oxygen atoms in total. The molecule has 1 unspecified atom stereocenters. The zero-order chi connectivity index (χ0) is 25.8. The van der Waals surface area contributed by atoms with Gasteiger partial charge in [0.25, 0.3) is 0 Å². The van der Waals surface area contributed by atoms with Crippen LogP contribution in [0.5, 0.6) is 0 Å². The third-order valence-corrected chi connectivity index (χ3v) is 6.78. The highest BCUT2D eigenvalue weighted by Crippen LogP contribution is 2.12. The number of nitrogens with zero attached hydrogens (tertiary/aromatic N) is 2. The van der Waals surface area contributed by atoms with E-state index in [4.69, 9.17) is 0 Å². The van der Waals surface area contributed by atoms with E-state index in [9.17, 15) is 9.18 Å². The Hall–Kier alpha value is -2.86. The Bertz CT molecular complexity index is 1020. The molecule has 0 bridgehead atoms. The molecule has 0 amide bonds. The summed E-state index contributed by atoms with van der Waals surface area (Å²) >= 11 is 0. The largest absolute Gasteiger partial charge is 0.303 e. The van der Waals surface area contributed by atoms with Crippen LogP contribution in [0.15, 0.2) is 78.9 Å². The average Bonchev–Trinajstić information content (AvgIpc) is 2.90. The lowest BCUT2D eigenvalue weighted by atomic mass is 10.1. The standard InChI is InChI=1S/C31H40FN3O/c1-25-12-14-26(15-13-25)9-7-8-20-34(2)23-31(33-22-28-16-18-29(32)19-17-28)35(3)30(24-36)21-27-10-5-4-6-11-27/h4-6,10-19,24,30-31,33H,7-9,20-23H2,1-3H3/t30-,31?/m0/s1. The number of hydrogen-bond donors (Lipinski definition) is 1. The van der Waals surface area contributed by atoms with E-state index in [2.05, 4.69) is 65.5 Å². The van der Waals surface area contributed by atoms with Crippen molar-refractivity contribution in [1.82, 2.24) is 15.1 Å². The van der Waals surface area contributed by atoms with E-state index in [1.807, 2.05) is 25.2 Å². The first-order valence-electron chi connectivity index (χ1n) is 12.9. The normalized spacial score (nSPS) is 13.2. The van der Waals surface area contributed by atoms with Crippen LogP contribution < -0.4 is 5.32 Å². The third-order valence-electron chi connectivity index (χ3n) is 6.78. The molecule has 0 aliphatic carbocycles. The zero-order valence-corrected chi connectivity index (χ0v) is 21.9. The highest BCUT2D eigenvalue weighted by atomic mass is 19.1. The first-order chi connectivity index (χ1) is 17.4. The van der Waals surface area contributed by atoms with Gasteiger partial charge in [-0.2, -0.15) is 0 Å². The lowest BCUT2D eigenvalue weighted by Gasteiger charge is -2.35. The summed E-state index contributed by atoms with van der Waals surface area (Å²) in [5.74, 6) is -0.235. The minimum Gasteiger partial charge on any atom is -0.303 e. The molecule has 0 aliphatic heterocycles. The molecule has 192 valence electrons. The van der Waals surface area contributed by atoms with Gasteiger partial charge in [0.1, 0.15) is 12.1 Å². The minimum atomic E-state index is -0.243. The van der Waals surface area contributed by atoms with Crippen LogP contribution in [0.1, 0.15) is 35.1 Å². The molecule has 0 aromatic heterocycles. The molecular formula is C31H40FN3O. The Morgan fingerprint density at radius 2 is 1.53 bits per heavy atom. The van der Waals surface area contributed by atoms with Gasteiger partial charge in [-0.05, 0) is 82.1 Å². The minimum absolute atomic E-state index is 0.0314. The number of unbranched alkanes of at least 4 members (excludes halogenated alkanes) is 1. The van der Waals surface area contributed by atoms with Gasteiger partial charge in [0.2, 0.25) is 0 Å². The molecule has 3 aromatic carbocycles. The molecule has 0 aliphatic rings. The van der Waals surface area contributed by atoms with E-state index in [1.54, 1.807) is 12.1 Å². The molecule has 0 fully saturated rings. The van der Waals surface area contributed by atoms with Crippen LogP contribution in [0.3, 0.4) is 0 Å². The number of rotatable bonds is 15. The molecular weight excluding hydrogens is 449 g/mol. The van der Waals surface area contributed by atoms with E-state index in [0.29, 0.717) is 13.0 Å². The monoisotopic (exact) mass is 489 g/mol. The number of halogens is 1. The summed E-state index contributed by atoms with van der Waals surface area (Å²) in [5.41, 5.74) is 4.84. The van der Waals surface area contributed by atoms with Gasteiger partial charge >= 0.3 is 0 Å². The highest BCUT2D eigenvalue weighted by Gasteiger charge is 2.24. The van der Waals surface area contributed by atoms with Crippen LogP contribution in [0.25, 0.3) is 0 Å². The molecule has 2 atom stereocenters. The molecule has 0 saturated carbocycles. The molecule has 0 heterocycles. The Labute approximate surface area is 216 Å². The van der Waals surface area contributed by atoms with E-state index < -0.39 is 0 Å². The SMILES string of the molecule is Cc1ccc(CCCCN(C)CC(NCc2ccc(F)cc2)N(C)[C@H](C=O)Cc2ccccc2)cc1. The van der Waals surface area contributed by atoms with Crippen molar-refractivity contribution in [2.24, 2.45) is 0 Å². The van der Waals surface area contributed by atoms with Crippen molar-refractivity contribution in [3.8, 4) is 0 Å². The molecule has 36 heavy (non-hydrogen) atoms. The summed E-state index contributed by atoms with van der Waals surface area (Å²) in [6.07, 6.45) is 5.01. The number of hydrogen-bond acceptors (Lipinski definition) is 4. The fourth-order valence-corrected chi connectivity index (χ4v) is 4.40. The summed E-state index contributed by atoms with van der Waals surface area (Å²) in [5, 5.41) is 3.61. The number of likely N-dealkylation sites (N-methyl/N-ethyl adjacent to an activating group) is 2. The van der Waals surface area contributed by atoms with Crippen LogP contribution in [-0.4, -0.2) is 55.5 Å². The topological polar surface area (TPSA) is 35.6 Å². The average molecular weight is 490 g/mol. The number of benzene rings is 3. The lowest BCUT2D eigenvalue weighted by molar-refractivity contribution is -0.113. The predicted octanol–water partition coefficient (Wildman–Crippen LogP) is 5.25. The van der Waals surface area contributed by atoms with Crippen molar-refractivity contribution in [3.63, 3.8) is 0 Å². The Morgan fingerprint density at radius 1 is 0.861 bits per heavy atom. The summed E-state index contributed by atoms with van der Waals surface area (Å²) < 4.78 is 13.3. The summed E-state index contributed by atoms with van der Waals surface area (Å²) in [6, 6.07) is 25.2. The van der Waals surface area contributed by atoms with Crippen LogP contribution in [0, 0.1) is 12.7 Å². The second-order valence-electron chi connectivity index (χ2n) is 9.79. The van der Waals surface area contributed by atoms with Crippen molar-refractivity contribution < 1.29 is 9.18 Å². The van der Waals surface area contributed by atoms with E-state index in [0.717, 1.165) is 49.8 Å². The zero-order valence-electron chi connectivity index (χ0n) is 21.9. The molecule has 3 rings (SSSR count). The Kier molecular flexibility index (Phi) is 11.3. The van der Waals surface area contributed by atoms with E-state index >= 15 is 0 Å². The first kappa shape index (κ1) is 27.7. The second kappa shape index (κ2) is 14.6. The van der Waals surface area contributed by atoms with Crippen LogP contribution in [0.4, 0.5) is 4.39 Å².